The first-order valence-corrected chi connectivity index (χ1v) is 5.92. The standard InChI is InChI=1S/C14H21NO/c1-4-11(5-2)13(16)14(3,15)12-9-7-6-8-10-12/h6-11H,4-5,15H2,1-3H3. The van der Waals surface area contributed by atoms with Crippen LogP contribution >= 0.6 is 0 Å². The molecule has 1 aromatic rings. The summed E-state index contributed by atoms with van der Waals surface area (Å²) in [4.78, 5) is 12.3. The monoisotopic (exact) mass is 219 g/mol. The normalized spacial score (nSPS) is 14.8. The van der Waals surface area contributed by atoms with Crippen molar-refractivity contribution in [3.8, 4) is 0 Å². The van der Waals surface area contributed by atoms with Crippen LogP contribution in [-0.2, 0) is 10.3 Å². The van der Waals surface area contributed by atoms with Crippen molar-refractivity contribution >= 4 is 5.78 Å². The summed E-state index contributed by atoms with van der Waals surface area (Å²) < 4.78 is 0. The van der Waals surface area contributed by atoms with Gasteiger partial charge >= 0.3 is 0 Å². The van der Waals surface area contributed by atoms with Gasteiger partial charge in [0.2, 0.25) is 0 Å². The van der Waals surface area contributed by atoms with E-state index in [-0.39, 0.29) is 11.7 Å². The van der Waals surface area contributed by atoms with Gasteiger partial charge < -0.3 is 5.73 Å². The van der Waals surface area contributed by atoms with E-state index in [9.17, 15) is 4.79 Å². The fourth-order valence-corrected chi connectivity index (χ4v) is 2.01. The Hall–Kier alpha value is -1.15. The molecule has 16 heavy (non-hydrogen) atoms. The van der Waals surface area contributed by atoms with Gasteiger partial charge in [-0.1, -0.05) is 44.2 Å². The molecule has 1 unspecified atom stereocenters. The Balaban J connectivity index is 2.98. The SMILES string of the molecule is CCC(CC)C(=O)C(C)(N)c1ccccc1. The lowest BCUT2D eigenvalue weighted by Crippen LogP contribution is -2.45. The van der Waals surface area contributed by atoms with Gasteiger partial charge in [0.05, 0.1) is 5.54 Å². The third-order valence-corrected chi connectivity index (χ3v) is 3.24. The van der Waals surface area contributed by atoms with E-state index in [4.69, 9.17) is 5.73 Å². The van der Waals surface area contributed by atoms with Crippen LogP contribution in [0.3, 0.4) is 0 Å². The van der Waals surface area contributed by atoms with Crippen molar-refractivity contribution in [2.45, 2.75) is 39.2 Å². The van der Waals surface area contributed by atoms with Crippen LogP contribution in [0.5, 0.6) is 0 Å². The van der Waals surface area contributed by atoms with E-state index in [1.807, 2.05) is 51.1 Å². The van der Waals surface area contributed by atoms with E-state index >= 15 is 0 Å². The molecular weight excluding hydrogens is 198 g/mol. The van der Waals surface area contributed by atoms with Crippen molar-refractivity contribution in [3.05, 3.63) is 35.9 Å². The van der Waals surface area contributed by atoms with Crippen molar-refractivity contribution in [1.29, 1.82) is 0 Å². The van der Waals surface area contributed by atoms with Gasteiger partial charge in [0.25, 0.3) is 0 Å². The molecule has 0 heterocycles. The summed E-state index contributed by atoms with van der Waals surface area (Å²) in [5, 5.41) is 0. The molecule has 1 aromatic carbocycles. The molecule has 2 N–H and O–H groups in total. The summed E-state index contributed by atoms with van der Waals surface area (Å²) in [7, 11) is 0. The van der Waals surface area contributed by atoms with Crippen LogP contribution in [-0.4, -0.2) is 5.78 Å². The zero-order valence-corrected chi connectivity index (χ0v) is 10.4. The maximum absolute atomic E-state index is 12.3. The summed E-state index contributed by atoms with van der Waals surface area (Å²) in [6.07, 6.45) is 1.71. The number of hydrogen-bond acceptors (Lipinski definition) is 2. The van der Waals surface area contributed by atoms with Crippen molar-refractivity contribution in [1.82, 2.24) is 0 Å². The second-order valence-electron chi connectivity index (χ2n) is 4.45. The fraction of sp³-hybridized carbons (Fsp3) is 0.500. The molecule has 0 saturated heterocycles. The Morgan fingerprint density at radius 2 is 1.75 bits per heavy atom. The van der Waals surface area contributed by atoms with Crippen molar-refractivity contribution in [2.75, 3.05) is 0 Å². The van der Waals surface area contributed by atoms with Crippen molar-refractivity contribution in [3.63, 3.8) is 0 Å². The predicted molar refractivity (Wildman–Crippen MR) is 67.1 cm³/mol. The average molecular weight is 219 g/mol. The molecule has 0 bridgehead atoms. The lowest BCUT2D eigenvalue weighted by molar-refractivity contribution is -0.128. The first-order valence-electron chi connectivity index (χ1n) is 5.92. The Bertz CT molecular complexity index is 339. The lowest BCUT2D eigenvalue weighted by Gasteiger charge is -2.27. The number of benzene rings is 1. The van der Waals surface area contributed by atoms with E-state index in [1.165, 1.54) is 0 Å². The largest absolute Gasteiger partial charge is 0.315 e. The third kappa shape index (κ3) is 2.50. The van der Waals surface area contributed by atoms with Crippen LogP contribution in [0.4, 0.5) is 0 Å². The highest BCUT2D eigenvalue weighted by atomic mass is 16.1. The maximum atomic E-state index is 12.3. The highest BCUT2D eigenvalue weighted by molar-refractivity contribution is 5.90. The van der Waals surface area contributed by atoms with Gasteiger partial charge in [-0.3, -0.25) is 4.79 Å². The van der Waals surface area contributed by atoms with E-state index < -0.39 is 5.54 Å². The number of carbonyl (C=O) groups is 1. The minimum Gasteiger partial charge on any atom is -0.315 e. The van der Waals surface area contributed by atoms with Gasteiger partial charge in [-0.05, 0) is 25.3 Å². The molecular formula is C14H21NO. The van der Waals surface area contributed by atoms with Crippen LogP contribution in [0, 0.1) is 5.92 Å². The Morgan fingerprint density at radius 3 is 2.19 bits per heavy atom. The quantitative estimate of drug-likeness (QED) is 0.827. The summed E-state index contributed by atoms with van der Waals surface area (Å²) in [6, 6.07) is 9.60. The van der Waals surface area contributed by atoms with Gasteiger partial charge in [-0.25, -0.2) is 0 Å². The van der Waals surface area contributed by atoms with E-state index in [1.54, 1.807) is 0 Å². The van der Waals surface area contributed by atoms with Crippen LogP contribution in [0.1, 0.15) is 39.2 Å². The molecule has 0 radical (unpaired) electrons. The molecule has 1 atom stereocenters. The Labute approximate surface area is 97.9 Å². The molecule has 2 nitrogen and oxygen atoms in total. The molecule has 0 fully saturated rings. The summed E-state index contributed by atoms with van der Waals surface area (Å²) in [5.74, 6) is 0.207. The number of carbonyl (C=O) groups excluding carboxylic acids is 1. The molecule has 0 saturated carbocycles. The van der Waals surface area contributed by atoms with Crippen LogP contribution in [0.2, 0.25) is 0 Å². The summed E-state index contributed by atoms with van der Waals surface area (Å²) in [5.41, 5.74) is 6.22. The van der Waals surface area contributed by atoms with Crippen molar-refractivity contribution in [2.24, 2.45) is 11.7 Å². The average Bonchev–Trinajstić information content (AvgIpc) is 2.31. The highest BCUT2D eigenvalue weighted by Gasteiger charge is 2.33. The predicted octanol–water partition coefficient (Wildman–Crippen LogP) is 2.87. The minimum atomic E-state index is -0.863. The number of rotatable bonds is 5. The Kier molecular flexibility index (Phi) is 4.25. The molecule has 2 heteroatoms. The third-order valence-electron chi connectivity index (χ3n) is 3.24. The molecule has 0 aliphatic heterocycles. The van der Waals surface area contributed by atoms with Gasteiger partial charge in [-0.15, -0.1) is 0 Å². The molecule has 0 amide bonds. The smallest absolute Gasteiger partial charge is 0.159 e. The highest BCUT2D eigenvalue weighted by Crippen LogP contribution is 2.25. The first-order chi connectivity index (χ1) is 7.54. The minimum absolute atomic E-state index is 0.0650. The van der Waals surface area contributed by atoms with E-state index in [0.717, 1.165) is 18.4 Å². The number of Topliss-reactive ketones (excluding diaryl/α,β-unsaturated/α-hetero) is 1. The summed E-state index contributed by atoms with van der Waals surface area (Å²) >= 11 is 0. The Morgan fingerprint density at radius 1 is 1.25 bits per heavy atom. The van der Waals surface area contributed by atoms with Crippen LogP contribution in [0.15, 0.2) is 30.3 Å². The second-order valence-corrected chi connectivity index (χ2v) is 4.45. The van der Waals surface area contributed by atoms with E-state index in [2.05, 4.69) is 0 Å². The second kappa shape index (κ2) is 5.26. The molecule has 88 valence electrons. The van der Waals surface area contributed by atoms with Gasteiger partial charge in [-0.2, -0.15) is 0 Å². The molecule has 0 spiro atoms. The van der Waals surface area contributed by atoms with E-state index in [0.29, 0.717) is 0 Å². The van der Waals surface area contributed by atoms with Gasteiger partial charge in [0.15, 0.2) is 5.78 Å². The van der Waals surface area contributed by atoms with Gasteiger partial charge in [0, 0.05) is 5.92 Å². The first kappa shape index (κ1) is 12.9. The zero-order valence-electron chi connectivity index (χ0n) is 10.4. The number of hydrogen-bond donors (Lipinski definition) is 1. The van der Waals surface area contributed by atoms with Gasteiger partial charge in [0.1, 0.15) is 0 Å². The number of nitrogens with two attached hydrogens (primary N) is 1. The van der Waals surface area contributed by atoms with Crippen LogP contribution < -0.4 is 5.73 Å². The summed E-state index contributed by atoms with van der Waals surface area (Å²) in [6.45, 7) is 5.88. The molecule has 0 aromatic heterocycles. The fourth-order valence-electron chi connectivity index (χ4n) is 2.01. The maximum Gasteiger partial charge on any atom is 0.159 e. The molecule has 0 aliphatic rings. The van der Waals surface area contributed by atoms with Crippen LogP contribution in [0.25, 0.3) is 0 Å². The number of ketones is 1. The zero-order chi connectivity index (χ0) is 12.2. The topological polar surface area (TPSA) is 43.1 Å². The molecule has 1 rings (SSSR count). The van der Waals surface area contributed by atoms with Crippen molar-refractivity contribution < 1.29 is 4.79 Å². The molecule has 0 aliphatic carbocycles. The lowest BCUT2D eigenvalue weighted by atomic mass is 9.80.